The molecule has 0 spiro atoms. The summed E-state index contributed by atoms with van der Waals surface area (Å²) in [5.74, 6) is -1.00. The summed E-state index contributed by atoms with van der Waals surface area (Å²) in [4.78, 5) is 34.4. The first kappa shape index (κ1) is 15.5. The number of primary amides is 1. The van der Waals surface area contributed by atoms with Crippen molar-refractivity contribution in [3.8, 4) is 0 Å². The number of fused-ring (bicyclic) bond motifs is 2. The molecule has 2 amide bonds. The van der Waals surface area contributed by atoms with Crippen LogP contribution in [0.5, 0.6) is 0 Å². The number of nitrogens with two attached hydrogens (primary N) is 1. The van der Waals surface area contributed by atoms with Crippen molar-refractivity contribution in [2.45, 2.75) is 31.3 Å². The first-order chi connectivity index (χ1) is 12.1. The third kappa shape index (κ3) is 2.69. The van der Waals surface area contributed by atoms with E-state index in [0.717, 1.165) is 19.3 Å². The highest BCUT2D eigenvalue weighted by atomic mass is 16.2. The van der Waals surface area contributed by atoms with Crippen molar-refractivity contribution in [1.82, 2.24) is 14.9 Å². The molecule has 0 radical (unpaired) electrons. The van der Waals surface area contributed by atoms with E-state index in [-0.39, 0.29) is 29.4 Å². The van der Waals surface area contributed by atoms with Crippen LogP contribution >= 0.6 is 0 Å². The summed E-state index contributed by atoms with van der Waals surface area (Å²) in [5.41, 5.74) is 7.79. The molecule has 6 nitrogen and oxygen atoms in total. The molecule has 1 aromatic heterocycles. The number of nitrogens with zero attached hydrogens (tertiary/aromatic N) is 3. The molecule has 4 rings (SSSR count). The van der Waals surface area contributed by atoms with Crippen LogP contribution in [0.4, 0.5) is 0 Å². The van der Waals surface area contributed by atoms with E-state index >= 15 is 0 Å². The van der Waals surface area contributed by atoms with Gasteiger partial charge >= 0.3 is 0 Å². The number of carbonyl (C=O) groups is 2. The van der Waals surface area contributed by atoms with Crippen LogP contribution in [0.3, 0.4) is 0 Å². The molecule has 25 heavy (non-hydrogen) atoms. The Bertz CT molecular complexity index is 863. The van der Waals surface area contributed by atoms with E-state index in [4.69, 9.17) is 5.73 Å². The van der Waals surface area contributed by atoms with Crippen LogP contribution in [0.1, 0.15) is 45.8 Å². The molecule has 2 atom stereocenters. The van der Waals surface area contributed by atoms with E-state index in [1.807, 2.05) is 23.1 Å². The van der Waals surface area contributed by atoms with Gasteiger partial charge in [0.05, 0.1) is 6.04 Å². The van der Waals surface area contributed by atoms with Gasteiger partial charge in [-0.05, 0) is 30.4 Å². The lowest BCUT2D eigenvalue weighted by molar-refractivity contribution is 0.0680. The topological polar surface area (TPSA) is 89.2 Å². The summed E-state index contributed by atoms with van der Waals surface area (Å²) in [5, 5.41) is 0. The average Bonchev–Trinajstić information content (AvgIpc) is 2.91. The smallest absolute Gasteiger partial charge is 0.275 e. The minimum absolute atomic E-state index is 0.0178. The van der Waals surface area contributed by atoms with E-state index < -0.39 is 5.91 Å². The van der Waals surface area contributed by atoms with E-state index in [2.05, 4.69) is 28.2 Å². The number of hydrogen-bond acceptors (Lipinski definition) is 4. The zero-order valence-corrected chi connectivity index (χ0v) is 13.6. The Morgan fingerprint density at radius 2 is 1.76 bits per heavy atom. The normalized spacial score (nSPS) is 21.8. The van der Waals surface area contributed by atoms with Crippen molar-refractivity contribution >= 4 is 17.4 Å². The van der Waals surface area contributed by atoms with Gasteiger partial charge in [-0.25, -0.2) is 9.97 Å². The van der Waals surface area contributed by atoms with Crippen molar-refractivity contribution in [1.29, 1.82) is 0 Å². The Labute approximate surface area is 145 Å². The summed E-state index contributed by atoms with van der Waals surface area (Å²) < 4.78 is 0. The number of hydrogen-bond donors (Lipinski definition) is 1. The van der Waals surface area contributed by atoms with Gasteiger partial charge in [0.1, 0.15) is 0 Å². The highest BCUT2D eigenvalue weighted by Gasteiger charge is 2.41. The second-order valence-electron chi connectivity index (χ2n) is 6.39. The maximum Gasteiger partial charge on any atom is 0.275 e. The molecule has 1 fully saturated rings. The fraction of sp³-hybridized carbons (Fsp3) is 0.263. The lowest BCUT2D eigenvalue weighted by Crippen LogP contribution is -2.44. The van der Waals surface area contributed by atoms with Crippen LogP contribution in [0.25, 0.3) is 5.57 Å². The second kappa shape index (κ2) is 6.12. The lowest BCUT2D eigenvalue weighted by Gasteiger charge is -2.34. The van der Waals surface area contributed by atoms with Crippen LogP contribution in [0, 0.1) is 0 Å². The third-order valence-corrected chi connectivity index (χ3v) is 4.91. The molecule has 2 aliphatic heterocycles. The molecule has 2 aromatic rings. The van der Waals surface area contributed by atoms with Crippen LogP contribution in [0.2, 0.25) is 0 Å². The van der Waals surface area contributed by atoms with Crippen LogP contribution < -0.4 is 5.73 Å². The number of aromatic nitrogens is 2. The molecular weight excluding hydrogens is 316 g/mol. The molecule has 0 aliphatic carbocycles. The molecule has 3 heterocycles. The fourth-order valence-electron chi connectivity index (χ4n) is 3.81. The Morgan fingerprint density at radius 3 is 2.44 bits per heavy atom. The van der Waals surface area contributed by atoms with Crippen LogP contribution in [0.15, 0.2) is 48.8 Å². The van der Waals surface area contributed by atoms with Crippen LogP contribution in [-0.4, -0.2) is 38.8 Å². The van der Waals surface area contributed by atoms with E-state index in [9.17, 15) is 9.59 Å². The van der Waals surface area contributed by atoms with Crippen LogP contribution in [-0.2, 0) is 0 Å². The molecule has 0 saturated carbocycles. The molecule has 2 unspecified atom stereocenters. The van der Waals surface area contributed by atoms with Crippen molar-refractivity contribution in [3.63, 3.8) is 0 Å². The molecule has 1 aromatic carbocycles. The van der Waals surface area contributed by atoms with Gasteiger partial charge in [0, 0.05) is 18.4 Å². The number of amides is 2. The van der Waals surface area contributed by atoms with E-state index in [0.29, 0.717) is 0 Å². The van der Waals surface area contributed by atoms with E-state index in [1.54, 1.807) is 0 Å². The van der Waals surface area contributed by atoms with Gasteiger partial charge in [0.15, 0.2) is 11.4 Å². The number of rotatable bonds is 3. The van der Waals surface area contributed by atoms with Gasteiger partial charge in [0.2, 0.25) is 0 Å². The average molecular weight is 334 g/mol. The first-order valence-corrected chi connectivity index (χ1v) is 8.34. The maximum atomic E-state index is 13.0. The highest BCUT2D eigenvalue weighted by Crippen LogP contribution is 2.39. The molecule has 2 bridgehead atoms. The largest absolute Gasteiger partial charge is 0.364 e. The SMILES string of the molecule is NC(=O)c1nccnc1C(=O)N1C2C=C(c3ccccc3)CC1CC2. The van der Waals surface area contributed by atoms with Crippen molar-refractivity contribution in [3.05, 3.63) is 65.8 Å². The highest BCUT2D eigenvalue weighted by molar-refractivity contribution is 6.04. The second-order valence-corrected chi connectivity index (χ2v) is 6.39. The van der Waals surface area contributed by atoms with Gasteiger partial charge in [-0.15, -0.1) is 0 Å². The number of benzene rings is 1. The summed E-state index contributed by atoms with van der Waals surface area (Å²) in [6, 6.07) is 10.4. The Kier molecular flexibility index (Phi) is 3.80. The van der Waals surface area contributed by atoms with Gasteiger partial charge in [-0.1, -0.05) is 36.4 Å². The van der Waals surface area contributed by atoms with E-state index in [1.165, 1.54) is 23.5 Å². The quantitative estimate of drug-likeness (QED) is 0.930. The molecule has 2 aliphatic rings. The predicted molar refractivity (Wildman–Crippen MR) is 92.6 cm³/mol. The monoisotopic (exact) mass is 334 g/mol. The first-order valence-electron chi connectivity index (χ1n) is 8.34. The lowest BCUT2D eigenvalue weighted by atomic mass is 9.94. The zero-order chi connectivity index (χ0) is 17.4. The third-order valence-electron chi connectivity index (χ3n) is 4.91. The Morgan fingerprint density at radius 1 is 1.04 bits per heavy atom. The molecule has 1 saturated heterocycles. The molecule has 2 N–H and O–H groups in total. The Hall–Kier alpha value is -3.02. The maximum absolute atomic E-state index is 13.0. The molecule has 6 heteroatoms. The summed E-state index contributed by atoms with van der Waals surface area (Å²) in [7, 11) is 0. The molecule has 126 valence electrons. The minimum atomic E-state index is -0.735. The zero-order valence-electron chi connectivity index (χ0n) is 13.6. The van der Waals surface area contributed by atoms with Gasteiger partial charge in [-0.2, -0.15) is 0 Å². The summed E-state index contributed by atoms with van der Waals surface area (Å²) in [6.45, 7) is 0. The number of carbonyl (C=O) groups excluding carboxylic acids is 2. The fourth-order valence-corrected chi connectivity index (χ4v) is 3.81. The Balaban J connectivity index is 1.66. The molecular formula is C19H18N4O2. The minimum Gasteiger partial charge on any atom is -0.364 e. The van der Waals surface area contributed by atoms with Crippen molar-refractivity contribution in [2.75, 3.05) is 0 Å². The van der Waals surface area contributed by atoms with Crippen molar-refractivity contribution in [2.24, 2.45) is 5.73 Å². The van der Waals surface area contributed by atoms with Gasteiger partial charge in [-0.3, -0.25) is 9.59 Å². The summed E-state index contributed by atoms with van der Waals surface area (Å²) in [6.07, 6.45) is 7.61. The predicted octanol–water partition coefficient (Wildman–Crippen LogP) is 2.04. The van der Waals surface area contributed by atoms with Gasteiger partial charge in [0.25, 0.3) is 11.8 Å². The standard InChI is InChI=1S/C19H18N4O2/c20-18(24)16-17(22-9-8-21-16)19(25)23-14-6-7-15(23)11-13(10-14)12-4-2-1-3-5-12/h1-5,8-10,14-15H,6-7,11H2,(H2,20,24). The van der Waals surface area contributed by atoms with Crippen molar-refractivity contribution < 1.29 is 9.59 Å². The summed E-state index contributed by atoms with van der Waals surface area (Å²) >= 11 is 0. The van der Waals surface area contributed by atoms with Gasteiger partial charge < -0.3 is 10.6 Å².